The van der Waals surface area contributed by atoms with Gasteiger partial charge in [-0.25, -0.2) is 9.59 Å². The molecule has 0 aliphatic rings. The van der Waals surface area contributed by atoms with Crippen molar-refractivity contribution >= 4 is 29.6 Å². The molecule has 0 bridgehead atoms. The fourth-order valence-corrected chi connectivity index (χ4v) is 3.25. The molecule has 0 aliphatic heterocycles. The van der Waals surface area contributed by atoms with Crippen molar-refractivity contribution in [3.05, 3.63) is 11.6 Å². The highest BCUT2D eigenvalue weighted by Gasteiger charge is 2.34. The van der Waals surface area contributed by atoms with Crippen LogP contribution in [-0.4, -0.2) is 47.1 Å². The number of allylic oxidation sites excluding steroid dienone is 1. The molecule has 0 unspecified atom stereocenters. The van der Waals surface area contributed by atoms with Crippen molar-refractivity contribution in [1.82, 2.24) is 10.6 Å². The Bertz CT molecular complexity index is 647. The van der Waals surface area contributed by atoms with Crippen LogP contribution in [-0.2, 0) is 19.1 Å². The van der Waals surface area contributed by atoms with Crippen LogP contribution in [0.1, 0.15) is 75.7 Å². The highest BCUT2D eigenvalue weighted by atomic mass is 35.5. The van der Waals surface area contributed by atoms with Crippen molar-refractivity contribution in [1.29, 1.82) is 0 Å². The molecule has 3 atom stereocenters. The molecule has 0 rings (SSSR count). The first kappa shape index (κ1) is 29.2. The first-order valence-electron chi connectivity index (χ1n) is 10.7. The monoisotopic (exact) mass is 460 g/mol. The van der Waals surface area contributed by atoms with E-state index in [1.165, 1.54) is 0 Å². The van der Waals surface area contributed by atoms with E-state index in [0.29, 0.717) is 6.42 Å². The Kier molecular flexibility index (Phi) is 11.6. The fourth-order valence-electron chi connectivity index (χ4n) is 2.85. The minimum Gasteiger partial charge on any atom is -0.458 e. The average molecular weight is 461 g/mol. The van der Waals surface area contributed by atoms with E-state index in [1.807, 2.05) is 26.8 Å². The molecule has 0 fully saturated rings. The Hall–Kier alpha value is -1.76. The molecule has 8 heteroatoms. The zero-order valence-corrected chi connectivity index (χ0v) is 21.5. The predicted molar refractivity (Wildman–Crippen MR) is 124 cm³/mol. The quantitative estimate of drug-likeness (QED) is 0.298. The average Bonchev–Trinajstić information content (AvgIpc) is 2.56. The van der Waals surface area contributed by atoms with Gasteiger partial charge in [-0.2, -0.15) is 0 Å². The lowest BCUT2D eigenvalue weighted by Gasteiger charge is -2.30. The highest BCUT2D eigenvalue weighted by molar-refractivity contribution is 6.19. The molecule has 7 nitrogen and oxygen atoms in total. The van der Waals surface area contributed by atoms with E-state index in [4.69, 9.17) is 21.1 Å². The molecule has 0 aromatic carbocycles. The fraction of sp³-hybridized carbons (Fsp3) is 0.783. The molecular formula is C23H41ClN2O5. The normalized spacial score (nSPS) is 15.7. The van der Waals surface area contributed by atoms with Crippen molar-refractivity contribution in [3.8, 4) is 0 Å². The van der Waals surface area contributed by atoms with Crippen LogP contribution in [0.3, 0.4) is 0 Å². The minimum absolute atomic E-state index is 0.140. The van der Waals surface area contributed by atoms with Gasteiger partial charge >= 0.3 is 12.1 Å². The molecule has 0 saturated heterocycles. The third-order valence-electron chi connectivity index (χ3n) is 4.28. The maximum Gasteiger partial charge on any atom is 0.408 e. The van der Waals surface area contributed by atoms with Gasteiger partial charge in [-0.3, -0.25) is 4.79 Å². The van der Waals surface area contributed by atoms with Crippen LogP contribution < -0.4 is 10.6 Å². The number of alkyl carbamates (subject to hydrolysis) is 1. The summed E-state index contributed by atoms with van der Waals surface area (Å²) in [6.07, 6.45) is 1.50. The van der Waals surface area contributed by atoms with Gasteiger partial charge in [0.2, 0.25) is 5.91 Å². The number of carbonyl (C=O) groups is 3. The summed E-state index contributed by atoms with van der Waals surface area (Å²) in [5, 5.41) is 5.41. The summed E-state index contributed by atoms with van der Waals surface area (Å²) >= 11 is 6.03. The van der Waals surface area contributed by atoms with Gasteiger partial charge in [0.05, 0.1) is 0 Å². The predicted octanol–water partition coefficient (Wildman–Crippen LogP) is 4.57. The van der Waals surface area contributed by atoms with Crippen LogP contribution in [0.2, 0.25) is 0 Å². The first-order valence-corrected chi connectivity index (χ1v) is 11.3. The molecule has 0 aromatic rings. The maximum absolute atomic E-state index is 13.2. The Morgan fingerprint density at radius 1 is 0.935 bits per heavy atom. The zero-order valence-electron chi connectivity index (χ0n) is 20.7. The van der Waals surface area contributed by atoms with Crippen LogP contribution in [0.25, 0.3) is 0 Å². The summed E-state index contributed by atoms with van der Waals surface area (Å²) in [6, 6.07) is -1.82. The molecule has 180 valence electrons. The van der Waals surface area contributed by atoms with Crippen molar-refractivity contribution in [2.75, 3.05) is 5.88 Å². The Morgan fingerprint density at radius 3 is 1.84 bits per heavy atom. The molecule has 0 aliphatic carbocycles. The van der Waals surface area contributed by atoms with Crippen molar-refractivity contribution in [3.63, 3.8) is 0 Å². The van der Waals surface area contributed by atoms with Crippen molar-refractivity contribution in [2.24, 2.45) is 11.8 Å². The number of esters is 1. The number of nitrogens with one attached hydrogen (secondary N) is 2. The second kappa shape index (κ2) is 12.3. The van der Waals surface area contributed by atoms with E-state index in [2.05, 4.69) is 10.6 Å². The SMILES string of the molecule is C/C=C(/CCl)[C@@H](C)[C@H](NC(=O)OC(C)(C)C)C(=O)N[C@@H](CC(C)C)C(=O)OC(C)(C)C. The molecule has 0 saturated carbocycles. The summed E-state index contributed by atoms with van der Waals surface area (Å²) < 4.78 is 10.8. The molecule has 31 heavy (non-hydrogen) atoms. The number of amides is 2. The lowest BCUT2D eigenvalue weighted by molar-refractivity contribution is -0.159. The molecule has 0 radical (unpaired) electrons. The Morgan fingerprint density at radius 2 is 1.45 bits per heavy atom. The van der Waals surface area contributed by atoms with Gasteiger partial charge in [0.25, 0.3) is 0 Å². The number of carbonyl (C=O) groups excluding carboxylic acids is 3. The summed E-state index contributed by atoms with van der Waals surface area (Å²) in [5.74, 6) is -1.07. The third kappa shape index (κ3) is 12.0. The van der Waals surface area contributed by atoms with Crippen LogP contribution in [0.5, 0.6) is 0 Å². The zero-order chi connectivity index (χ0) is 24.6. The Balaban J connectivity index is 5.76. The highest BCUT2D eigenvalue weighted by Crippen LogP contribution is 2.19. The van der Waals surface area contributed by atoms with Gasteiger partial charge in [-0.05, 0) is 60.8 Å². The molecular weight excluding hydrogens is 420 g/mol. The lowest BCUT2D eigenvalue weighted by atomic mass is 9.92. The van der Waals surface area contributed by atoms with Crippen molar-refractivity contribution < 1.29 is 23.9 Å². The molecule has 0 aromatic heterocycles. The first-order chi connectivity index (χ1) is 14.0. The summed E-state index contributed by atoms with van der Waals surface area (Å²) in [7, 11) is 0. The summed E-state index contributed by atoms with van der Waals surface area (Å²) in [6.45, 7) is 18.0. The van der Waals surface area contributed by atoms with Gasteiger partial charge in [0, 0.05) is 11.8 Å². The van der Waals surface area contributed by atoms with Gasteiger partial charge in [0.15, 0.2) is 0 Å². The minimum atomic E-state index is -0.975. The van der Waals surface area contributed by atoms with E-state index in [9.17, 15) is 14.4 Å². The van der Waals surface area contributed by atoms with Crippen molar-refractivity contribution in [2.45, 2.75) is 98.9 Å². The van der Waals surface area contributed by atoms with Crippen LogP contribution >= 0.6 is 11.6 Å². The standard InChI is InChI=1S/C23H41ClN2O5/c1-11-16(13-24)15(4)18(26-21(29)31-23(8,9)10)19(27)25-17(12-14(2)3)20(28)30-22(5,6)7/h11,14-15,17-18H,12-13H2,1-10H3,(H,25,27)(H,26,29)/b16-11-/t15-,17+,18+/m1/s1. The molecule has 2 amide bonds. The van der Waals surface area contributed by atoms with E-state index in [-0.39, 0.29) is 11.8 Å². The largest absolute Gasteiger partial charge is 0.458 e. The van der Waals surface area contributed by atoms with Crippen LogP contribution in [0, 0.1) is 11.8 Å². The molecule has 2 N–H and O–H groups in total. The Labute approximate surface area is 192 Å². The topological polar surface area (TPSA) is 93.7 Å². The lowest BCUT2D eigenvalue weighted by Crippen LogP contribution is -2.56. The number of halogens is 1. The third-order valence-corrected chi connectivity index (χ3v) is 4.59. The van der Waals surface area contributed by atoms with Crippen LogP contribution in [0.15, 0.2) is 11.6 Å². The summed E-state index contributed by atoms with van der Waals surface area (Å²) in [5.41, 5.74) is -0.619. The van der Waals surface area contributed by atoms with E-state index in [1.54, 1.807) is 48.5 Å². The molecule has 0 heterocycles. The number of hydrogen-bond acceptors (Lipinski definition) is 5. The van der Waals surface area contributed by atoms with E-state index >= 15 is 0 Å². The maximum atomic E-state index is 13.2. The summed E-state index contributed by atoms with van der Waals surface area (Å²) in [4.78, 5) is 38.3. The smallest absolute Gasteiger partial charge is 0.408 e. The number of ether oxygens (including phenoxy) is 2. The number of alkyl halides is 1. The number of rotatable bonds is 9. The second-order valence-corrected chi connectivity index (χ2v) is 10.4. The van der Waals surface area contributed by atoms with Gasteiger partial charge in [-0.15, -0.1) is 11.6 Å². The van der Waals surface area contributed by atoms with Gasteiger partial charge < -0.3 is 20.1 Å². The van der Waals surface area contributed by atoms with E-state index < -0.39 is 47.2 Å². The van der Waals surface area contributed by atoms with Crippen LogP contribution in [0.4, 0.5) is 4.79 Å². The van der Waals surface area contributed by atoms with Gasteiger partial charge in [-0.1, -0.05) is 32.4 Å². The number of hydrogen-bond donors (Lipinski definition) is 2. The molecule has 0 spiro atoms. The van der Waals surface area contributed by atoms with Gasteiger partial charge in [0.1, 0.15) is 23.3 Å². The van der Waals surface area contributed by atoms with E-state index in [0.717, 1.165) is 5.57 Å². The second-order valence-electron chi connectivity index (χ2n) is 10.1.